The highest BCUT2D eigenvalue weighted by Gasteiger charge is 2.25. The Labute approximate surface area is 126 Å². The van der Waals surface area contributed by atoms with Gasteiger partial charge in [0, 0.05) is 17.8 Å². The molecule has 1 aromatic rings. The van der Waals surface area contributed by atoms with Crippen molar-refractivity contribution < 1.29 is 13.2 Å². The Kier molecular flexibility index (Phi) is 5.11. The summed E-state index contributed by atoms with van der Waals surface area (Å²) in [7, 11) is -2.14. The zero-order chi connectivity index (χ0) is 15.5. The van der Waals surface area contributed by atoms with Gasteiger partial charge in [0.05, 0.1) is 7.11 Å². The van der Waals surface area contributed by atoms with Crippen LogP contribution in [-0.4, -0.2) is 21.6 Å². The van der Waals surface area contributed by atoms with Gasteiger partial charge < -0.3 is 10.5 Å². The molecule has 0 spiro atoms. The smallest absolute Gasteiger partial charge is 0.244 e. The first-order valence-corrected chi connectivity index (χ1v) is 8.86. The summed E-state index contributed by atoms with van der Waals surface area (Å²) in [6.45, 7) is 2.22. The van der Waals surface area contributed by atoms with E-state index in [-0.39, 0.29) is 16.7 Å². The number of nitrogens with one attached hydrogen (secondary N) is 1. The molecule has 1 saturated carbocycles. The highest BCUT2D eigenvalue weighted by molar-refractivity contribution is 7.89. The van der Waals surface area contributed by atoms with Crippen molar-refractivity contribution in [1.82, 2.24) is 4.72 Å². The second kappa shape index (κ2) is 6.66. The fraction of sp³-hybridized carbons (Fsp3) is 0.600. The van der Waals surface area contributed by atoms with Gasteiger partial charge in [-0.15, -0.1) is 0 Å². The van der Waals surface area contributed by atoms with Gasteiger partial charge in [-0.3, -0.25) is 0 Å². The maximum Gasteiger partial charge on any atom is 0.244 e. The van der Waals surface area contributed by atoms with E-state index < -0.39 is 10.0 Å². The molecule has 5 nitrogen and oxygen atoms in total. The fourth-order valence-electron chi connectivity index (χ4n) is 2.79. The first-order chi connectivity index (χ1) is 9.92. The zero-order valence-electron chi connectivity index (χ0n) is 12.6. The molecular weight excluding hydrogens is 288 g/mol. The minimum Gasteiger partial charge on any atom is -0.495 e. The van der Waals surface area contributed by atoms with Crippen LogP contribution in [0, 0.1) is 5.92 Å². The van der Waals surface area contributed by atoms with Crippen molar-refractivity contribution in [3.8, 4) is 5.75 Å². The Morgan fingerprint density at radius 3 is 2.71 bits per heavy atom. The van der Waals surface area contributed by atoms with E-state index in [0.29, 0.717) is 11.6 Å². The summed E-state index contributed by atoms with van der Waals surface area (Å²) in [5.41, 5.74) is 6.15. The molecule has 1 fully saturated rings. The Balaban J connectivity index is 2.18. The SMILES string of the molecule is COc1cc(N)ccc1S(=O)(=O)NC1CCCC(C)CC1. The predicted octanol–water partition coefficient (Wildman–Crippen LogP) is 2.52. The lowest BCUT2D eigenvalue weighted by molar-refractivity contribution is 0.402. The van der Waals surface area contributed by atoms with E-state index in [4.69, 9.17) is 10.5 Å². The van der Waals surface area contributed by atoms with E-state index in [2.05, 4.69) is 11.6 Å². The molecule has 0 heterocycles. The van der Waals surface area contributed by atoms with Gasteiger partial charge in [0.25, 0.3) is 0 Å². The van der Waals surface area contributed by atoms with Crippen molar-refractivity contribution >= 4 is 15.7 Å². The summed E-state index contributed by atoms with van der Waals surface area (Å²) in [4.78, 5) is 0.150. The molecule has 1 aliphatic rings. The molecule has 0 amide bonds. The topological polar surface area (TPSA) is 81.4 Å². The molecule has 0 saturated heterocycles. The number of nitrogens with two attached hydrogens (primary N) is 1. The Bertz CT molecular complexity index is 587. The van der Waals surface area contributed by atoms with Crippen LogP contribution in [0.5, 0.6) is 5.75 Å². The van der Waals surface area contributed by atoms with Gasteiger partial charge in [-0.2, -0.15) is 0 Å². The van der Waals surface area contributed by atoms with Gasteiger partial charge in [0.1, 0.15) is 10.6 Å². The number of anilines is 1. The summed E-state index contributed by atoms with van der Waals surface area (Å²) in [6, 6.07) is 4.61. The maximum absolute atomic E-state index is 12.6. The normalized spacial score (nSPS) is 23.5. The summed E-state index contributed by atoms with van der Waals surface area (Å²) < 4.78 is 33.1. The van der Waals surface area contributed by atoms with Crippen molar-refractivity contribution in [1.29, 1.82) is 0 Å². The second-order valence-corrected chi connectivity index (χ2v) is 7.52. The molecule has 2 unspecified atom stereocenters. The van der Waals surface area contributed by atoms with Gasteiger partial charge in [-0.05, 0) is 37.3 Å². The Hall–Kier alpha value is -1.27. The predicted molar refractivity (Wildman–Crippen MR) is 83.8 cm³/mol. The van der Waals surface area contributed by atoms with Gasteiger partial charge >= 0.3 is 0 Å². The van der Waals surface area contributed by atoms with Gasteiger partial charge in [-0.1, -0.05) is 19.8 Å². The van der Waals surface area contributed by atoms with Crippen molar-refractivity contribution in [2.45, 2.75) is 50.0 Å². The van der Waals surface area contributed by atoms with Crippen LogP contribution < -0.4 is 15.2 Å². The lowest BCUT2D eigenvalue weighted by Gasteiger charge is -2.18. The molecule has 118 valence electrons. The second-order valence-electron chi connectivity index (χ2n) is 5.84. The summed E-state index contributed by atoms with van der Waals surface area (Å²) in [6.07, 6.45) is 5.07. The van der Waals surface area contributed by atoms with E-state index in [9.17, 15) is 8.42 Å². The van der Waals surface area contributed by atoms with E-state index in [1.165, 1.54) is 25.7 Å². The fourth-order valence-corrected chi connectivity index (χ4v) is 4.25. The molecule has 0 aliphatic heterocycles. The standard InChI is InChI=1S/C15H24N2O3S/c1-11-4-3-5-13(8-6-11)17-21(18,19)15-9-7-12(16)10-14(15)20-2/h7,9-11,13,17H,3-6,8,16H2,1-2H3. The van der Waals surface area contributed by atoms with E-state index >= 15 is 0 Å². The first kappa shape index (κ1) is 16.1. The van der Waals surface area contributed by atoms with Crippen LogP contribution in [0.25, 0.3) is 0 Å². The van der Waals surface area contributed by atoms with Crippen molar-refractivity contribution in [2.24, 2.45) is 5.92 Å². The highest BCUT2D eigenvalue weighted by atomic mass is 32.2. The molecule has 2 atom stereocenters. The number of benzene rings is 1. The lowest BCUT2D eigenvalue weighted by atomic mass is 10.0. The molecule has 1 aliphatic carbocycles. The zero-order valence-corrected chi connectivity index (χ0v) is 13.4. The number of hydrogen-bond acceptors (Lipinski definition) is 4. The van der Waals surface area contributed by atoms with Crippen LogP contribution in [-0.2, 0) is 10.0 Å². The van der Waals surface area contributed by atoms with Crippen LogP contribution >= 0.6 is 0 Å². The molecule has 0 radical (unpaired) electrons. The third-order valence-corrected chi connectivity index (χ3v) is 5.62. The Morgan fingerprint density at radius 1 is 1.24 bits per heavy atom. The van der Waals surface area contributed by atoms with E-state index in [0.717, 1.165) is 25.7 Å². The molecule has 6 heteroatoms. The van der Waals surface area contributed by atoms with Crippen LogP contribution in [0.1, 0.15) is 39.0 Å². The van der Waals surface area contributed by atoms with Crippen LogP contribution in [0.2, 0.25) is 0 Å². The maximum atomic E-state index is 12.6. The number of rotatable bonds is 4. The molecule has 0 bridgehead atoms. The third kappa shape index (κ3) is 4.11. The van der Waals surface area contributed by atoms with Crippen LogP contribution in [0.4, 0.5) is 5.69 Å². The average molecular weight is 312 g/mol. The van der Waals surface area contributed by atoms with E-state index in [1.807, 2.05) is 0 Å². The van der Waals surface area contributed by atoms with Gasteiger partial charge in [-0.25, -0.2) is 13.1 Å². The highest BCUT2D eigenvalue weighted by Crippen LogP contribution is 2.28. The van der Waals surface area contributed by atoms with Crippen molar-refractivity contribution in [3.05, 3.63) is 18.2 Å². The van der Waals surface area contributed by atoms with Crippen LogP contribution in [0.15, 0.2) is 23.1 Å². The van der Waals surface area contributed by atoms with Gasteiger partial charge in [0.2, 0.25) is 10.0 Å². The quantitative estimate of drug-likeness (QED) is 0.661. The third-order valence-electron chi connectivity index (χ3n) is 4.06. The molecule has 21 heavy (non-hydrogen) atoms. The number of sulfonamides is 1. The molecular formula is C15H24N2O3S. The van der Waals surface area contributed by atoms with E-state index in [1.54, 1.807) is 6.07 Å². The molecule has 2 rings (SSSR count). The van der Waals surface area contributed by atoms with Gasteiger partial charge in [0.15, 0.2) is 0 Å². The molecule has 1 aromatic carbocycles. The minimum atomic E-state index is -3.58. The number of nitrogen functional groups attached to an aromatic ring is 1. The van der Waals surface area contributed by atoms with Crippen molar-refractivity contribution in [2.75, 3.05) is 12.8 Å². The number of ether oxygens (including phenoxy) is 1. The Morgan fingerprint density at radius 2 is 2.00 bits per heavy atom. The summed E-state index contributed by atoms with van der Waals surface area (Å²) in [5, 5.41) is 0. The number of methoxy groups -OCH3 is 1. The molecule has 0 aromatic heterocycles. The van der Waals surface area contributed by atoms with Crippen molar-refractivity contribution in [3.63, 3.8) is 0 Å². The minimum absolute atomic E-state index is 0.00205. The average Bonchev–Trinajstić information content (AvgIpc) is 2.62. The lowest BCUT2D eigenvalue weighted by Crippen LogP contribution is -2.34. The molecule has 3 N–H and O–H groups in total. The van der Waals surface area contributed by atoms with Crippen LogP contribution in [0.3, 0.4) is 0 Å². The summed E-state index contributed by atoms with van der Waals surface area (Å²) >= 11 is 0. The first-order valence-electron chi connectivity index (χ1n) is 7.38. The number of hydrogen-bond donors (Lipinski definition) is 2. The monoisotopic (exact) mass is 312 g/mol. The summed E-state index contributed by atoms with van der Waals surface area (Å²) in [5.74, 6) is 0.954. The largest absolute Gasteiger partial charge is 0.495 e.